The molecule has 1 aliphatic rings. The van der Waals surface area contributed by atoms with Crippen molar-refractivity contribution in [1.82, 2.24) is 4.90 Å². The molecule has 1 fully saturated rings. The van der Waals surface area contributed by atoms with Crippen LogP contribution in [0.25, 0.3) is 0 Å². The van der Waals surface area contributed by atoms with E-state index < -0.39 is 0 Å². The molecule has 1 rings (SSSR count). The second kappa shape index (κ2) is 6.74. The molecule has 0 N–H and O–H groups in total. The number of piperidine rings is 1. The maximum atomic E-state index is 12.3. The van der Waals surface area contributed by atoms with E-state index in [9.17, 15) is 4.79 Å². The van der Waals surface area contributed by atoms with Gasteiger partial charge in [-0.15, -0.1) is 23.5 Å². The molecule has 1 aliphatic heterocycles. The Morgan fingerprint density at radius 2 is 1.76 bits per heavy atom. The van der Waals surface area contributed by atoms with Gasteiger partial charge in [0.1, 0.15) is 0 Å². The molecule has 2 nitrogen and oxygen atoms in total. The summed E-state index contributed by atoms with van der Waals surface area (Å²) in [7, 11) is 0. The zero-order chi connectivity index (χ0) is 12.9. The van der Waals surface area contributed by atoms with Crippen LogP contribution in [0.1, 0.15) is 40.0 Å². The Hall–Kier alpha value is -0.0900. The summed E-state index contributed by atoms with van der Waals surface area (Å²) >= 11 is 3.29. The molecule has 0 aromatic rings. The van der Waals surface area contributed by atoms with Crippen LogP contribution in [-0.4, -0.2) is 34.9 Å². The molecule has 0 unspecified atom stereocenters. The third-order valence-electron chi connectivity index (χ3n) is 2.59. The number of carbonyl (C=O) groups excluding carboxylic acids is 1. The van der Waals surface area contributed by atoms with E-state index in [0.29, 0.717) is 0 Å². The molecule has 98 valence electrons. The van der Waals surface area contributed by atoms with Crippen molar-refractivity contribution in [3.63, 3.8) is 0 Å². The Balaban J connectivity index is 2.62. The van der Waals surface area contributed by atoms with Crippen LogP contribution in [-0.2, 0) is 4.79 Å². The van der Waals surface area contributed by atoms with E-state index in [1.54, 1.807) is 23.5 Å². The molecule has 17 heavy (non-hydrogen) atoms. The smallest absolute Gasteiger partial charge is 0.260 e. The maximum Gasteiger partial charge on any atom is 0.260 e. The van der Waals surface area contributed by atoms with E-state index in [-0.39, 0.29) is 10.7 Å². The van der Waals surface area contributed by atoms with E-state index in [1.165, 1.54) is 6.42 Å². The molecule has 0 bridgehead atoms. The highest BCUT2D eigenvalue weighted by atomic mass is 32.2. The predicted molar refractivity (Wildman–Crippen MR) is 79.4 cm³/mol. The Labute approximate surface area is 114 Å². The molecular formula is C13H23NOS2. The average Bonchev–Trinajstić information content (AvgIpc) is 2.29. The van der Waals surface area contributed by atoms with Gasteiger partial charge in [-0.05, 0) is 30.9 Å². The van der Waals surface area contributed by atoms with Gasteiger partial charge in [-0.3, -0.25) is 4.79 Å². The summed E-state index contributed by atoms with van der Waals surface area (Å²) in [5.74, 6) is 0.217. The van der Waals surface area contributed by atoms with E-state index in [0.717, 1.165) is 30.8 Å². The first-order valence-corrected chi connectivity index (χ1v) is 8.26. The van der Waals surface area contributed by atoms with Crippen LogP contribution >= 0.6 is 23.5 Å². The van der Waals surface area contributed by atoms with Gasteiger partial charge in [0.2, 0.25) is 0 Å². The molecular weight excluding hydrogens is 250 g/mol. The van der Waals surface area contributed by atoms with E-state index in [4.69, 9.17) is 0 Å². The fourth-order valence-electron chi connectivity index (χ4n) is 1.67. The largest absolute Gasteiger partial charge is 0.338 e. The van der Waals surface area contributed by atoms with Crippen LogP contribution < -0.4 is 0 Å². The zero-order valence-corrected chi connectivity index (χ0v) is 12.9. The summed E-state index contributed by atoms with van der Waals surface area (Å²) in [6.07, 6.45) is 5.55. The van der Waals surface area contributed by atoms with Crippen molar-refractivity contribution in [1.29, 1.82) is 0 Å². The summed E-state index contributed by atoms with van der Waals surface area (Å²) in [6.45, 7) is 8.35. The maximum absolute atomic E-state index is 12.3. The third-order valence-corrected chi connectivity index (χ3v) is 4.54. The lowest BCUT2D eigenvalue weighted by Crippen LogP contribution is -2.36. The lowest BCUT2D eigenvalue weighted by Gasteiger charge is -2.27. The lowest BCUT2D eigenvalue weighted by atomic mass is 10.1. The average molecular weight is 273 g/mol. The molecule has 0 aromatic heterocycles. The van der Waals surface area contributed by atoms with Crippen molar-refractivity contribution in [2.75, 3.05) is 19.3 Å². The van der Waals surface area contributed by atoms with Crippen LogP contribution in [0.5, 0.6) is 0 Å². The number of amides is 1. The van der Waals surface area contributed by atoms with Crippen molar-refractivity contribution >= 4 is 29.4 Å². The van der Waals surface area contributed by atoms with Crippen LogP contribution in [0.15, 0.2) is 10.3 Å². The fourth-order valence-corrected chi connectivity index (χ4v) is 3.06. The van der Waals surface area contributed by atoms with Crippen LogP contribution in [0.3, 0.4) is 0 Å². The van der Waals surface area contributed by atoms with Gasteiger partial charge in [0.25, 0.3) is 5.91 Å². The van der Waals surface area contributed by atoms with Crippen LogP contribution in [0.4, 0.5) is 0 Å². The van der Waals surface area contributed by atoms with Crippen molar-refractivity contribution in [2.45, 2.75) is 44.8 Å². The van der Waals surface area contributed by atoms with E-state index >= 15 is 0 Å². The second-order valence-corrected chi connectivity index (χ2v) is 7.81. The predicted octanol–water partition coefficient (Wildman–Crippen LogP) is 3.74. The standard InChI is InChI=1S/C13H23NOS2/c1-13(2,3)17-10-11(16-4)12(15)14-8-6-5-7-9-14/h10H,5-9H2,1-4H3/b11-10-. The number of thioether (sulfide) groups is 2. The van der Waals surface area contributed by atoms with Gasteiger partial charge in [-0.1, -0.05) is 20.8 Å². The SMILES string of the molecule is CS/C(=C\SC(C)(C)C)C(=O)N1CCCCC1. The first-order valence-electron chi connectivity index (χ1n) is 6.15. The lowest BCUT2D eigenvalue weighted by molar-refractivity contribution is -0.127. The molecule has 4 heteroatoms. The normalized spacial score (nSPS) is 18.4. The van der Waals surface area contributed by atoms with Gasteiger partial charge in [0.05, 0.1) is 4.91 Å². The third kappa shape index (κ3) is 5.38. The van der Waals surface area contributed by atoms with Crippen LogP contribution in [0.2, 0.25) is 0 Å². The zero-order valence-electron chi connectivity index (χ0n) is 11.3. The fraction of sp³-hybridized carbons (Fsp3) is 0.769. The van der Waals surface area contributed by atoms with Gasteiger partial charge >= 0.3 is 0 Å². The first kappa shape index (κ1) is 15.0. The summed E-state index contributed by atoms with van der Waals surface area (Å²) in [5.41, 5.74) is 0. The molecule has 0 aliphatic carbocycles. The van der Waals surface area contributed by atoms with Gasteiger partial charge < -0.3 is 4.90 Å². The number of nitrogens with zero attached hydrogens (tertiary/aromatic N) is 1. The molecule has 0 atom stereocenters. The summed E-state index contributed by atoms with van der Waals surface area (Å²) in [6, 6.07) is 0. The topological polar surface area (TPSA) is 20.3 Å². The van der Waals surface area contributed by atoms with Crippen molar-refractivity contribution < 1.29 is 4.79 Å². The summed E-state index contributed by atoms with van der Waals surface area (Å²) in [5, 5.41) is 2.03. The van der Waals surface area contributed by atoms with Gasteiger partial charge in [0, 0.05) is 17.8 Å². The molecule has 0 spiro atoms. The van der Waals surface area contributed by atoms with Gasteiger partial charge in [-0.2, -0.15) is 0 Å². The first-order chi connectivity index (χ1) is 7.94. The number of hydrogen-bond acceptors (Lipinski definition) is 3. The molecule has 1 saturated heterocycles. The molecule has 0 saturated carbocycles. The van der Waals surface area contributed by atoms with Crippen molar-refractivity contribution in [2.24, 2.45) is 0 Å². The van der Waals surface area contributed by atoms with Gasteiger partial charge in [0.15, 0.2) is 0 Å². The van der Waals surface area contributed by atoms with Gasteiger partial charge in [-0.25, -0.2) is 0 Å². The number of hydrogen-bond donors (Lipinski definition) is 0. The Bertz CT molecular complexity index is 288. The van der Waals surface area contributed by atoms with Crippen molar-refractivity contribution in [3.8, 4) is 0 Å². The Kier molecular flexibility index (Phi) is 5.93. The minimum atomic E-state index is 0.170. The van der Waals surface area contributed by atoms with E-state index in [1.807, 2.05) is 16.6 Å². The molecule has 1 heterocycles. The molecule has 1 amide bonds. The highest BCUT2D eigenvalue weighted by Crippen LogP contribution is 2.29. The quantitative estimate of drug-likeness (QED) is 0.731. The monoisotopic (exact) mass is 273 g/mol. The molecule has 0 aromatic carbocycles. The minimum Gasteiger partial charge on any atom is -0.338 e. The van der Waals surface area contributed by atoms with E-state index in [2.05, 4.69) is 20.8 Å². The highest BCUT2D eigenvalue weighted by molar-refractivity contribution is 8.07. The second-order valence-electron chi connectivity index (χ2n) is 5.27. The Morgan fingerprint density at radius 3 is 2.24 bits per heavy atom. The Morgan fingerprint density at radius 1 is 1.18 bits per heavy atom. The van der Waals surface area contributed by atoms with Crippen molar-refractivity contribution in [3.05, 3.63) is 10.3 Å². The summed E-state index contributed by atoms with van der Waals surface area (Å²) < 4.78 is 0.170. The number of carbonyl (C=O) groups is 1. The number of likely N-dealkylation sites (tertiary alicyclic amines) is 1. The summed E-state index contributed by atoms with van der Waals surface area (Å²) in [4.78, 5) is 15.1. The number of rotatable bonds is 3. The highest BCUT2D eigenvalue weighted by Gasteiger charge is 2.20. The molecule has 0 radical (unpaired) electrons. The van der Waals surface area contributed by atoms with Crippen LogP contribution in [0, 0.1) is 0 Å². The minimum absolute atomic E-state index is 0.170.